The van der Waals surface area contributed by atoms with Gasteiger partial charge in [0.15, 0.2) is 0 Å². The third-order valence-corrected chi connectivity index (χ3v) is 4.16. The van der Waals surface area contributed by atoms with Gasteiger partial charge in [-0.15, -0.1) is 0 Å². The maximum atomic E-state index is 11.8. The minimum absolute atomic E-state index is 0.00833. The predicted octanol–water partition coefficient (Wildman–Crippen LogP) is 3.53. The summed E-state index contributed by atoms with van der Waals surface area (Å²) in [4.78, 5) is 21.1. The van der Waals surface area contributed by atoms with Gasteiger partial charge in [0.1, 0.15) is 6.33 Å². The van der Waals surface area contributed by atoms with Crippen LogP contribution in [0.5, 0.6) is 0 Å². The van der Waals surface area contributed by atoms with E-state index < -0.39 is 4.92 Å². The van der Waals surface area contributed by atoms with E-state index in [9.17, 15) is 10.1 Å². The fourth-order valence-electron chi connectivity index (χ4n) is 2.31. The number of anilines is 3. The van der Waals surface area contributed by atoms with Crippen molar-refractivity contribution >= 4 is 46.2 Å². The van der Waals surface area contributed by atoms with Gasteiger partial charge in [0.25, 0.3) is 0 Å². The molecule has 0 aliphatic carbocycles. The molecule has 0 radical (unpaired) electrons. The van der Waals surface area contributed by atoms with Gasteiger partial charge in [-0.3, -0.25) is 10.1 Å². The lowest BCUT2D eigenvalue weighted by molar-refractivity contribution is -0.383. The van der Waals surface area contributed by atoms with Crippen LogP contribution in [0.1, 0.15) is 0 Å². The Morgan fingerprint density at radius 3 is 2.44 bits per heavy atom. The first-order valence-corrected chi connectivity index (χ1v) is 8.67. The Hall–Kier alpha value is -2.20. The maximum absolute atomic E-state index is 11.8. The van der Waals surface area contributed by atoms with Crippen LogP contribution in [0.25, 0.3) is 0 Å². The number of nitro groups is 1. The smallest absolute Gasteiger partial charge is 0.353 e. The fourth-order valence-corrected chi connectivity index (χ4v) is 2.64. The number of nitrogens with zero attached hydrogens (tertiary/aromatic N) is 4. The molecule has 1 N–H and O–H groups in total. The number of ether oxygens (including phenoxy) is 2. The van der Waals surface area contributed by atoms with Gasteiger partial charge in [-0.1, -0.05) is 23.2 Å². The highest BCUT2D eigenvalue weighted by Crippen LogP contribution is 2.35. The van der Waals surface area contributed by atoms with Gasteiger partial charge in [-0.05, 0) is 18.2 Å². The molecule has 0 aliphatic heterocycles. The van der Waals surface area contributed by atoms with E-state index in [1.54, 1.807) is 37.3 Å². The highest BCUT2D eigenvalue weighted by Gasteiger charge is 2.27. The first-order chi connectivity index (χ1) is 13.0. The molecule has 1 heterocycles. The average Bonchev–Trinajstić information content (AvgIpc) is 2.64. The van der Waals surface area contributed by atoms with E-state index in [0.29, 0.717) is 42.0 Å². The number of aromatic nitrogens is 2. The van der Waals surface area contributed by atoms with Crippen LogP contribution in [0.2, 0.25) is 10.0 Å². The molecule has 1 aromatic carbocycles. The molecule has 0 bridgehead atoms. The first-order valence-electron chi connectivity index (χ1n) is 7.92. The molecule has 146 valence electrons. The predicted molar refractivity (Wildman–Crippen MR) is 104 cm³/mol. The van der Waals surface area contributed by atoms with Gasteiger partial charge in [0.2, 0.25) is 11.6 Å². The summed E-state index contributed by atoms with van der Waals surface area (Å²) in [5.41, 5.74) is 0.123. The van der Waals surface area contributed by atoms with Gasteiger partial charge in [0.05, 0.1) is 28.8 Å². The van der Waals surface area contributed by atoms with Crippen molar-refractivity contribution in [3.05, 3.63) is 44.7 Å². The van der Waals surface area contributed by atoms with E-state index in [1.807, 2.05) is 0 Å². The Balaban J connectivity index is 2.45. The Kier molecular flexibility index (Phi) is 7.99. The number of rotatable bonds is 10. The number of nitrogens with one attached hydrogen (secondary N) is 1. The number of hydrogen-bond acceptors (Lipinski definition) is 8. The van der Waals surface area contributed by atoms with Crippen LogP contribution in [-0.2, 0) is 9.47 Å². The van der Waals surface area contributed by atoms with Crippen molar-refractivity contribution in [1.82, 2.24) is 9.97 Å². The van der Waals surface area contributed by atoms with E-state index in [2.05, 4.69) is 15.3 Å². The van der Waals surface area contributed by atoms with E-state index in [4.69, 9.17) is 32.7 Å². The molecule has 1 aromatic heterocycles. The van der Waals surface area contributed by atoms with Crippen molar-refractivity contribution in [3.8, 4) is 0 Å². The molecule has 2 aromatic rings. The second-order valence-electron chi connectivity index (χ2n) is 5.37. The summed E-state index contributed by atoms with van der Waals surface area (Å²) in [5, 5.41) is 15.4. The van der Waals surface area contributed by atoms with E-state index in [-0.39, 0.29) is 17.3 Å². The van der Waals surface area contributed by atoms with Crippen molar-refractivity contribution in [3.63, 3.8) is 0 Å². The van der Waals surface area contributed by atoms with Crippen molar-refractivity contribution in [2.45, 2.75) is 0 Å². The normalized spacial score (nSPS) is 10.7. The average molecular weight is 416 g/mol. The number of methoxy groups -OCH3 is 2. The molecule has 0 fully saturated rings. The van der Waals surface area contributed by atoms with Crippen LogP contribution in [0.3, 0.4) is 0 Å². The molecule has 27 heavy (non-hydrogen) atoms. The molecule has 2 rings (SSSR count). The lowest BCUT2D eigenvalue weighted by atomic mass is 10.3. The Morgan fingerprint density at radius 1 is 1.19 bits per heavy atom. The van der Waals surface area contributed by atoms with Crippen LogP contribution in [0.4, 0.5) is 23.0 Å². The van der Waals surface area contributed by atoms with Gasteiger partial charge >= 0.3 is 5.69 Å². The second kappa shape index (κ2) is 10.2. The monoisotopic (exact) mass is 415 g/mol. The number of hydrogen-bond donors (Lipinski definition) is 1. The summed E-state index contributed by atoms with van der Waals surface area (Å²) in [5.74, 6) is 0.166. The van der Waals surface area contributed by atoms with Crippen LogP contribution in [0, 0.1) is 10.1 Å². The van der Waals surface area contributed by atoms with Crippen molar-refractivity contribution in [1.29, 1.82) is 0 Å². The fraction of sp³-hybridized carbons (Fsp3) is 0.375. The minimum atomic E-state index is -0.539. The van der Waals surface area contributed by atoms with Gasteiger partial charge in [0, 0.05) is 32.3 Å². The van der Waals surface area contributed by atoms with Crippen LogP contribution < -0.4 is 10.2 Å². The van der Waals surface area contributed by atoms with Gasteiger partial charge in [-0.2, -0.15) is 0 Å². The Bertz CT molecular complexity index is 785. The SMILES string of the molecule is COCCN(CCOC)c1ncnc(Nc2cc(Cl)ccc2Cl)c1[N+](=O)[O-]. The zero-order valence-corrected chi connectivity index (χ0v) is 16.3. The zero-order chi connectivity index (χ0) is 19.8. The first kappa shape index (κ1) is 21.1. The van der Waals surface area contributed by atoms with Crippen molar-refractivity contribution in [2.75, 3.05) is 50.7 Å². The Labute approximate surface area is 166 Å². The minimum Gasteiger partial charge on any atom is -0.383 e. The van der Waals surface area contributed by atoms with Gasteiger partial charge in [-0.25, -0.2) is 9.97 Å². The largest absolute Gasteiger partial charge is 0.383 e. The third-order valence-electron chi connectivity index (χ3n) is 3.60. The molecule has 9 nitrogen and oxygen atoms in total. The third kappa shape index (κ3) is 5.64. The molecular weight excluding hydrogens is 397 g/mol. The lowest BCUT2D eigenvalue weighted by Gasteiger charge is -2.23. The number of benzene rings is 1. The molecule has 0 saturated heterocycles. The summed E-state index contributed by atoms with van der Waals surface area (Å²) in [6.45, 7) is 1.53. The quantitative estimate of drug-likeness (QED) is 0.464. The summed E-state index contributed by atoms with van der Waals surface area (Å²) in [7, 11) is 3.11. The van der Waals surface area contributed by atoms with Crippen LogP contribution in [-0.4, -0.2) is 55.4 Å². The van der Waals surface area contributed by atoms with Crippen LogP contribution >= 0.6 is 23.2 Å². The summed E-state index contributed by atoms with van der Waals surface area (Å²) >= 11 is 12.1. The van der Waals surface area contributed by atoms with E-state index >= 15 is 0 Å². The molecule has 0 aliphatic rings. The molecular formula is C16H19Cl2N5O4. The summed E-state index contributed by atoms with van der Waals surface area (Å²) < 4.78 is 10.2. The van der Waals surface area contributed by atoms with Gasteiger partial charge < -0.3 is 19.7 Å². The molecule has 0 amide bonds. The highest BCUT2D eigenvalue weighted by atomic mass is 35.5. The van der Waals surface area contributed by atoms with Crippen LogP contribution in [0.15, 0.2) is 24.5 Å². The van der Waals surface area contributed by atoms with Crippen molar-refractivity contribution < 1.29 is 14.4 Å². The molecule has 0 atom stereocenters. The maximum Gasteiger partial charge on any atom is 0.353 e. The van der Waals surface area contributed by atoms with E-state index in [0.717, 1.165) is 0 Å². The molecule has 0 unspecified atom stereocenters. The Morgan fingerprint density at radius 2 is 1.85 bits per heavy atom. The second-order valence-corrected chi connectivity index (χ2v) is 6.22. The molecule has 0 saturated carbocycles. The van der Waals surface area contributed by atoms with E-state index in [1.165, 1.54) is 6.33 Å². The lowest BCUT2D eigenvalue weighted by Crippen LogP contribution is -2.32. The summed E-state index contributed by atoms with van der Waals surface area (Å²) in [6.07, 6.45) is 1.25. The highest BCUT2D eigenvalue weighted by molar-refractivity contribution is 6.35. The zero-order valence-electron chi connectivity index (χ0n) is 14.8. The molecule has 11 heteroatoms. The number of halogens is 2. The standard InChI is InChI=1S/C16H19Cl2N5O4/c1-26-7-5-22(6-8-27-2)16-14(23(24)25)15(19-10-20-16)21-13-9-11(17)3-4-12(13)18/h3-4,9-10H,5-8H2,1-2H3,(H,19,20,21). The topological polar surface area (TPSA) is 103 Å². The molecule has 0 spiro atoms. The summed E-state index contributed by atoms with van der Waals surface area (Å²) in [6, 6.07) is 4.76. The van der Waals surface area contributed by atoms with Crippen molar-refractivity contribution in [2.24, 2.45) is 0 Å².